The summed E-state index contributed by atoms with van der Waals surface area (Å²) >= 11 is 0. The van der Waals surface area contributed by atoms with Crippen molar-refractivity contribution in [1.29, 1.82) is 0 Å². The topological polar surface area (TPSA) is 90.5 Å². The van der Waals surface area contributed by atoms with Crippen molar-refractivity contribution in [3.05, 3.63) is 35.9 Å². The number of carbonyl (C=O) groups is 3. The SMILES string of the molecule is CNC(C)C(=O)NC1CCCCN(C(C)C(=O)NCCc2ccccc2)C1=O. The van der Waals surface area contributed by atoms with Gasteiger partial charge in [-0.3, -0.25) is 14.4 Å². The molecule has 1 aromatic rings. The van der Waals surface area contributed by atoms with Gasteiger partial charge in [0.1, 0.15) is 12.1 Å². The smallest absolute Gasteiger partial charge is 0.245 e. The molecule has 3 amide bonds. The predicted molar refractivity (Wildman–Crippen MR) is 109 cm³/mol. The second-order valence-corrected chi connectivity index (χ2v) is 7.30. The van der Waals surface area contributed by atoms with E-state index in [2.05, 4.69) is 16.0 Å². The highest BCUT2D eigenvalue weighted by Crippen LogP contribution is 2.15. The first-order chi connectivity index (χ1) is 13.4. The molecule has 0 radical (unpaired) electrons. The van der Waals surface area contributed by atoms with E-state index < -0.39 is 12.1 Å². The van der Waals surface area contributed by atoms with E-state index in [0.29, 0.717) is 19.5 Å². The molecular weight excluding hydrogens is 356 g/mol. The van der Waals surface area contributed by atoms with Crippen LogP contribution in [0.25, 0.3) is 0 Å². The van der Waals surface area contributed by atoms with Crippen LogP contribution < -0.4 is 16.0 Å². The molecule has 1 aromatic carbocycles. The van der Waals surface area contributed by atoms with Gasteiger partial charge in [0, 0.05) is 13.1 Å². The maximum Gasteiger partial charge on any atom is 0.245 e. The molecule has 1 fully saturated rings. The van der Waals surface area contributed by atoms with Gasteiger partial charge in [-0.1, -0.05) is 30.3 Å². The van der Waals surface area contributed by atoms with Gasteiger partial charge in [0.25, 0.3) is 0 Å². The lowest BCUT2D eigenvalue weighted by Gasteiger charge is -2.30. The van der Waals surface area contributed by atoms with Crippen molar-refractivity contribution in [2.24, 2.45) is 0 Å². The monoisotopic (exact) mass is 388 g/mol. The molecule has 1 aliphatic rings. The van der Waals surface area contributed by atoms with Crippen LogP contribution in [0.3, 0.4) is 0 Å². The number of rotatable bonds is 8. The zero-order valence-corrected chi connectivity index (χ0v) is 17.0. The highest BCUT2D eigenvalue weighted by atomic mass is 16.2. The summed E-state index contributed by atoms with van der Waals surface area (Å²) in [5, 5.41) is 8.62. The van der Waals surface area contributed by atoms with Crippen LogP contribution in [0.5, 0.6) is 0 Å². The normalized spacial score (nSPS) is 19.5. The van der Waals surface area contributed by atoms with Crippen LogP contribution in [0, 0.1) is 0 Å². The van der Waals surface area contributed by atoms with Crippen molar-refractivity contribution < 1.29 is 14.4 Å². The van der Waals surface area contributed by atoms with Crippen molar-refractivity contribution >= 4 is 17.7 Å². The van der Waals surface area contributed by atoms with Crippen LogP contribution in [-0.2, 0) is 20.8 Å². The van der Waals surface area contributed by atoms with Gasteiger partial charge in [-0.15, -0.1) is 0 Å². The molecule has 0 saturated carbocycles. The third-order valence-corrected chi connectivity index (χ3v) is 5.27. The summed E-state index contributed by atoms with van der Waals surface area (Å²) in [7, 11) is 1.70. The molecule has 3 N–H and O–H groups in total. The molecule has 3 unspecified atom stereocenters. The Kier molecular flexibility index (Phi) is 8.44. The minimum absolute atomic E-state index is 0.167. The fourth-order valence-electron chi connectivity index (χ4n) is 3.27. The number of amides is 3. The average molecular weight is 389 g/mol. The quantitative estimate of drug-likeness (QED) is 0.616. The zero-order chi connectivity index (χ0) is 20.5. The van der Waals surface area contributed by atoms with Gasteiger partial charge in [0.15, 0.2) is 0 Å². The molecule has 0 aliphatic carbocycles. The predicted octanol–water partition coefficient (Wildman–Crippen LogP) is 0.839. The number of likely N-dealkylation sites (tertiary alicyclic amines) is 1. The number of nitrogens with one attached hydrogen (secondary N) is 3. The van der Waals surface area contributed by atoms with Gasteiger partial charge in [-0.05, 0) is 52.1 Å². The number of benzene rings is 1. The highest BCUT2D eigenvalue weighted by molar-refractivity contribution is 5.93. The van der Waals surface area contributed by atoms with Gasteiger partial charge in [0.05, 0.1) is 6.04 Å². The van der Waals surface area contributed by atoms with E-state index in [4.69, 9.17) is 0 Å². The molecule has 0 spiro atoms. The van der Waals surface area contributed by atoms with E-state index in [1.165, 1.54) is 0 Å². The molecular formula is C21H32N4O3. The Labute approximate surface area is 167 Å². The maximum atomic E-state index is 12.9. The zero-order valence-electron chi connectivity index (χ0n) is 17.0. The lowest BCUT2D eigenvalue weighted by molar-refractivity contribution is -0.142. The van der Waals surface area contributed by atoms with Crippen molar-refractivity contribution in [3.8, 4) is 0 Å². The fraction of sp³-hybridized carbons (Fsp3) is 0.571. The first-order valence-electron chi connectivity index (χ1n) is 10.0. The van der Waals surface area contributed by atoms with Crippen LogP contribution >= 0.6 is 0 Å². The third-order valence-electron chi connectivity index (χ3n) is 5.27. The molecule has 1 saturated heterocycles. The first-order valence-corrected chi connectivity index (χ1v) is 10.0. The number of nitrogens with zero attached hydrogens (tertiary/aromatic N) is 1. The standard InChI is InChI=1S/C21H32N4O3/c1-15(22-3)19(26)24-18-11-7-8-14-25(21(18)28)16(2)20(27)23-13-12-17-9-5-4-6-10-17/h4-6,9-10,15-16,18,22H,7-8,11-14H2,1-3H3,(H,23,27)(H,24,26). The molecule has 28 heavy (non-hydrogen) atoms. The van der Waals surface area contributed by atoms with Gasteiger partial charge >= 0.3 is 0 Å². The molecule has 154 valence electrons. The Morgan fingerprint density at radius 1 is 1.14 bits per heavy atom. The summed E-state index contributed by atoms with van der Waals surface area (Å²) in [5.74, 6) is -0.553. The van der Waals surface area contributed by atoms with Crippen LogP contribution in [0.15, 0.2) is 30.3 Å². The second kappa shape index (κ2) is 10.8. The second-order valence-electron chi connectivity index (χ2n) is 7.30. The first kappa shape index (κ1) is 21.9. The Morgan fingerprint density at radius 2 is 1.86 bits per heavy atom. The van der Waals surface area contributed by atoms with Crippen molar-refractivity contribution in [1.82, 2.24) is 20.9 Å². The van der Waals surface area contributed by atoms with Crippen LogP contribution in [0.2, 0.25) is 0 Å². The largest absolute Gasteiger partial charge is 0.354 e. The lowest BCUT2D eigenvalue weighted by Crippen LogP contribution is -2.55. The van der Waals surface area contributed by atoms with Crippen LogP contribution in [0.4, 0.5) is 0 Å². The van der Waals surface area contributed by atoms with E-state index in [1.54, 1.807) is 25.8 Å². The third kappa shape index (κ3) is 6.05. The number of hydrogen-bond donors (Lipinski definition) is 3. The minimum Gasteiger partial charge on any atom is -0.354 e. The van der Waals surface area contributed by atoms with Gasteiger partial charge in [0.2, 0.25) is 17.7 Å². The van der Waals surface area contributed by atoms with E-state index >= 15 is 0 Å². The highest BCUT2D eigenvalue weighted by Gasteiger charge is 2.33. The van der Waals surface area contributed by atoms with E-state index in [0.717, 1.165) is 24.8 Å². The lowest BCUT2D eigenvalue weighted by atomic mass is 10.1. The molecule has 7 heteroatoms. The molecule has 1 heterocycles. The number of carbonyl (C=O) groups excluding carboxylic acids is 3. The summed E-state index contributed by atoms with van der Waals surface area (Å²) < 4.78 is 0. The van der Waals surface area contributed by atoms with E-state index in [1.807, 2.05) is 30.3 Å². The summed E-state index contributed by atoms with van der Waals surface area (Å²) in [6.45, 7) is 4.54. The fourth-order valence-corrected chi connectivity index (χ4v) is 3.27. The van der Waals surface area contributed by atoms with Crippen molar-refractivity contribution in [3.63, 3.8) is 0 Å². The number of hydrogen-bond acceptors (Lipinski definition) is 4. The van der Waals surface area contributed by atoms with Gasteiger partial charge < -0.3 is 20.9 Å². The Morgan fingerprint density at radius 3 is 2.54 bits per heavy atom. The Balaban J connectivity index is 1.92. The van der Waals surface area contributed by atoms with Crippen LogP contribution in [0.1, 0.15) is 38.7 Å². The molecule has 2 rings (SSSR count). The minimum atomic E-state index is -0.578. The molecule has 0 aromatic heterocycles. The Bertz CT molecular complexity index is 665. The molecule has 7 nitrogen and oxygen atoms in total. The van der Waals surface area contributed by atoms with Crippen molar-refractivity contribution in [2.45, 2.75) is 57.7 Å². The summed E-state index contributed by atoms with van der Waals surface area (Å²) in [5.41, 5.74) is 1.16. The van der Waals surface area contributed by atoms with Gasteiger partial charge in [-0.25, -0.2) is 0 Å². The summed E-state index contributed by atoms with van der Waals surface area (Å²) in [6.07, 6.45) is 3.00. The van der Waals surface area contributed by atoms with E-state index in [-0.39, 0.29) is 23.8 Å². The van der Waals surface area contributed by atoms with Gasteiger partial charge in [-0.2, -0.15) is 0 Å². The maximum absolute atomic E-state index is 12.9. The average Bonchev–Trinajstić information content (AvgIpc) is 2.89. The Hall–Kier alpha value is -2.41. The molecule has 0 bridgehead atoms. The van der Waals surface area contributed by atoms with Crippen molar-refractivity contribution in [2.75, 3.05) is 20.1 Å². The number of likely N-dealkylation sites (N-methyl/N-ethyl adjacent to an activating group) is 1. The molecule has 3 atom stereocenters. The summed E-state index contributed by atoms with van der Waals surface area (Å²) in [6, 6.07) is 8.43. The molecule has 1 aliphatic heterocycles. The van der Waals surface area contributed by atoms with E-state index in [9.17, 15) is 14.4 Å². The van der Waals surface area contributed by atoms with Crippen LogP contribution in [-0.4, -0.2) is 60.9 Å². The summed E-state index contributed by atoms with van der Waals surface area (Å²) in [4.78, 5) is 39.3.